The van der Waals surface area contributed by atoms with Crippen LogP contribution >= 0.6 is 0 Å². The monoisotopic (exact) mass is 258 g/mol. The van der Waals surface area contributed by atoms with Gasteiger partial charge in [0.15, 0.2) is 0 Å². The standard InChI is InChI=1S/C12H22N2O4/c1-7(2)9(12(16)17)6-14-11(15)10-4-3-8(5-13)18-10/h7-10H,3-6,13H2,1-2H3,(H,14,15)(H,16,17). The number of hydrogen-bond acceptors (Lipinski definition) is 4. The molecule has 0 saturated carbocycles. The van der Waals surface area contributed by atoms with Crippen LogP contribution in [0.5, 0.6) is 0 Å². The molecule has 6 nitrogen and oxygen atoms in total. The molecule has 1 fully saturated rings. The van der Waals surface area contributed by atoms with Crippen LogP contribution in [0.2, 0.25) is 0 Å². The van der Waals surface area contributed by atoms with E-state index in [2.05, 4.69) is 5.32 Å². The summed E-state index contributed by atoms with van der Waals surface area (Å²) < 4.78 is 5.44. The lowest BCUT2D eigenvalue weighted by Crippen LogP contribution is -2.41. The van der Waals surface area contributed by atoms with Crippen molar-refractivity contribution < 1.29 is 19.4 Å². The van der Waals surface area contributed by atoms with Gasteiger partial charge in [-0.2, -0.15) is 0 Å². The van der Waals surface area contributed by atoms with Crippen molar-refractivity contribution in [1.29, 1.82) is 0 Å². The van der Waals surface area contributed by atoms with E-state index in [0.29, 0.717) is 13.0 Å². The van der Waals surface area contributed by atoms with E-state index < -0.39 is 18.0 Å². The Balaban J connectivity index is 2.39. The molecule has 0 spiro atoms. The van der Waals surface area contributed by atoms with Gasteiger partial charge in [0.2, 0.25) is 5.91 Å². The highest BCUT2D eigenvalue weighted by Crippen LogP contribution is 2.19. The number of aliphatic carboxylic acids is 1. The molecular formula is C12H22N2O4. The summed E-state index contributed by atoms with van der Waals surface area (Å²) in [7, 11) is 0. The SMILES string of the molecule is CC(C)C(CNC(=O)C1CCC(CN)O1)C(=O)O. The minimum Gasteiger partial charge on any atom is -0.481 e. The molecule has 1 aliphatic heterocycles. The molecule has 3 atom stereocenters. The molecule has 1 aliphatic rings. The Morgan fingerprint density at radius 2 is 2.11 bits per heavy atom. The van der Waals surface area contributed by atoms with Crippen molar-refractivity contribution in [2.75, 3.05) is 13.1 Å². The summed E-state index contributed by atoms with van der Waals surface area (Å²) in [6, 6.07) is 0. The Morgan fingerprint density at radius 1 is 1.44 bits per heavy atom. The van der Waals surface area contributed by atoms with Gasteiger partial charge in [0.1, 0.15) is 6.10 Å². The van der Waals surface area contributed by atoms with Crippen LogP contribution in [-0.4, -0.2) is 42.3 Å². The molecular weight excluding hydrogens is 236 g/mol. The first-order chi connectivity index (χ1) is 8.45. The van der Waals surface area contributed by atoms with Gasteiger partial charge in [-0.25, -0.2) is 0 Å². The lowest BCUT2D eigenvalue weighted by Gasteiger charge is -2.18. The third-order valence-electron chi connectivity index (χ3n) is 3.28. The molecule has 104 valence electrons. The van der Waals surface area contributed by atoms with Crippen molar-refractivity contribution >= 4 is 11.9 Å². The van der Waals surface area contributed by atoms with Gasteiger partial charge < -0.3 is 20.9 Å². The number of ether oxygens (including phenoxy) is 1. The predicted molar refractivity (Wildman–Crippen MR) is 65.9 cm³/mol. The van der Waals surface area contributed by atoms with E-state index in [1.165, 1.54) is 0 Å². The first-order valence-corrected chi connectivity index (χ1v) is 6.31. The van der Waals surface area contributed by atoms with Gasteiger partial charge in [0.25, 0.3) is 0 Å². The topological polar surface area (TPSA) is 102 Å². The van der Waals surface area contributed by atoms with E-state index in [9.17, 15) is 9.59 Å². The molecule has 0 aromatic heterocycles. The van der Waals surface area contributed by atoms with Crippen molar-refractivity contribution in [2.45, 2.75) is 38.9 Å². The highest BCUT2D eigenvalue weighted by molar-refractivity contribution is 5.81. The first-order valence-electron chi connectivity index (χ1n) is 6.31. The second-order valence-electron chi connectivity index (χ2n) is 4.99. The average molecular weight is 258 g/mol. The number of hydrogen-bond donors (Lipinski definition) is 3. The van der Waals surface area contributed by atoms with Gasteiger partial charge in [-0.3, -0.25) is 9.59 Å². The van der Waals surface area contributed by atoms with E-state index in [4.69, 9.17) is 15.6 Å². The maximum Gasteiger partial charge on any atom is 0.308 e. The molecule has 1 rings (SSSR count). The number of carbonyl (C=O) groups excluding carboxylic acids is 1. The smallest absolute Gasteiger partial charge is 0.308 e. The summed E-state index contributed by atoms with van der Waals surface area (Å²) >= 11 is 0. The summed E-state index contributed by atoms with van der Waals surface area (Å²) in [5.74, 6) is -1.72. The fraction of sp³-hybridized carbons (Fsp3) is 0.833. The zero-order valence-corrected chi connectivity index (χ0v) is 10.9. The van der Waals surface area contributed by atoms with Crippen LogP contribution in [0, 0.1) is 11.8 Å². The highest BCUT2D eigenvalue weighted by atomic mass is 16.5. The molecule has 4 N–H and O–H groups in total. The number of rotatable bonds is 6. The molecule has 0 radical (unpaired) electrons. The van der Waals surface area contributed by atoms with Gasteiger partial charge in [0.05, 0.1) is 12.0 Å². The fourth-order valence-corrected chi connectivity index (χ4v) is 2.00. The molecule has 3 unspecified atom stereocenters. The van der Waals surface area contributed by atoms with Gasteiger partial charge in [-0.15, -0.1) is 0 Å². The summed E-state index contributed by atoms with van der Waals surface area (Å²) in [4.78, 5) is 22.8. The van der Waals surface area contributed by atoms with Crippen LogP contribution in [0.4, 0.5) is 0 Å². The van der Waals surface area contributed by atoms with Crippen LogP contribution in [0.3, 0.4) is 0 Å². The maximum atomic E-state index is 11.8. The lowest BCUT2D eigenvalue weighted by atomic mass is 9.96. The number of carboxylic acids is 1. The molecule has 0 aliphatic carbocycles. The van der Waals surface area contributed by atoms with E-state index in [1.54, 1.807) is 0 Å². The summed E-state index contributed by atoms with van der Waals surface area (Å²) in [6.45, 7) is 4.19. The first kappa shape index (κ1) is 14.9. The number of nitrogens with two attached hydrogens (primary N) is 1. The number of carboxylic acid groups (broad SMARTS) is 1. The van der Waals surface area contributed by atoms with Crippen molar-refractivity contribution in [3.63, 3.8) is 0 Å². The third-order valence-corrected chi connectivity index (χ3v) is 3.28. The normalized spacial score (nSPS) is 25.1. The van der Waals surface area contributed by atoms with Crippen LogP contribution < -0.4 is 11.1 Å². The minimum absolute atomic E-state index is 0.0240. The molecule has 0 bridgehead atoms. The quantitative estimate of drug-likeness (QED) is 0.621. The Hall–Kier alpha value is -1.14. The largest absolute Gasteiger partial charge is 0.481 e. The van der Waals surface area contributed by atoms with Crippen molar-refractivity contribution in [2.24, 2.45) is 17.6 Å². The molecule has 1 saturated heterocycles. The lowest BCUT2D eigenvalue weighted by molar-refractivity contribution is -0.143. The molecule has 1 heterocycles. The van der Waals surface area contributed by atoms with E-state index >= 15 is 0 Å². The summed E-state index contributed by atoms with van der Waals surface area (Å²) in [6.07, 6.45) is 0.884. The molecule has 18 heavy (non-hydrogen) atoms. The Morgan fingerprint density at radius 3 is 2.56 bits per heavy atom. The van der Waals surface area contributed by atoms with Crippen LogP contribution in [0.1, 0.15) is 26.7 Å². The van der Waals surface area contributed by atoms with Gasteiger partial charge >= 0.3 is 5.97 Å². The molecule has 0 aromatic carbocycles. The Bertz CT molecular complexity index is 306. The second-order valence-corrected chi connectivity index (χ2v) is 4.99. The van der Waals surface area contributed by atoms with Crippen molar-refractivity contribution in [3.05, 3.63) is 0 Å². The third kappa shape index (κ3) is 3.96. The van der Waals surface area contributed by atoms with Gasteiger partial charge in [-0.05, 0) is 18.8 Å². The highest BCUT2D eigenvalue weighted by Gasteiger charge is 2.31. The zero-order valence-electron chi connectivity index (χ0n) is 10.9. The molecule has 1 amide bonds. The van der Waals surface area contributed by atoms with Crippen LogP contribution in [0.25, 0.3) is 0 Å². The van der Waals surface area contributed by atoms with Gasteiger partial charge in [0, 0.05) is 13.1 Å². The van der Waals surface area contributed by atoms with E-state index in [0.717, 1.165) is 6.42 Å². The minimum atomic E-state index is -0.891. The van der Waals surface area contributed by atoms with Gasteiger partial charge in [-0.1, -0.05) is 13.8 Å². The summed E-state index contributed by atoms with van der Waals surface area (Å²) in [5, 5.41) is 11.6. The number of carbonyl (C=O) groups is 2. The zero-order chi connectivity index (χ0) is 13.7. The van der Waals surface area contributed by atoms with Crippen LogP contribution in [0.15, 0.2) is 0 Å². The maximum absolute atomic E-state index is 11.8. The summed E-state index contributed by atoms with van der Waals surface area (Å²) in [5.41, 5.74) is 5.46. The van der Waals surface area contributed by atoms with E-state index in [1.807, 2.05) is 13.8 Å². The van der Waals surface area contributed by atoms with Crippen LogP contribution in [-0.2, 0) is 14.3 Å². The fourth-order valence-electron chi connectivity index (χ4n) is 2.00. The Labute approximate surface area is 107 Å². The molecule has 0 aromatic rings. The van der Waals surface area contributed by atoms with E-state index in [-0.39, 0.29) is 24.5 Å². The number of amides is 1. The van der Waals surface area contributed by atoms with Crippen molar-refractivity contribution in [1.82, 2.24) is 5.32 Å². The predicted octanol–water partition coefficient (Wildman–Crippen LogP) is -0.0343. The van der Waals surface area contributed by atoms with Crippen molar-refractivity contribution in [3.8, 4) is 0 Å². The Kier molecular flexibility index (Phi) is 5.55. The second kappa shape index (κ2) is 6.70. The number of nitrogens with one attached hydrogen (secondary N) is 1. The molecule has 6 heteroatoms. The average Bonchev–Trinajstić information content (AvgIpc) is 2.76.